The summed E-state index contributed by atoms with van der Waals surface area (Å²) < 4.78 is 0. The molecule has 0 aliphatic heterocycles. The molecule has 0 heterocycles. The molecule has 0 radical (unpaired) electrons. The molecule has 0 aromatic carbocycles. The maximum absolute atomic E-state index is 9.11. The van der Waals surface area contributed by atoms with E-state index in [1.807, 2.05) is 0 Å². The molecule has 0 aliphatic rings. The minimum atomic E-state index is 0.228. The Morgan fingerprint density at radius 3 is 1.89 bits per heavy atom. The van der Waals surface area contributed by atoms with Gasteiger partial charge in [0.05, 0.1) is 0 Å². The molecule has 0 saturated carbocycles. The van der Waals surface area contributed by atoms with Gasteiger partial charge in [-0.25, -0.2) is 0 Å². The van der Waals surface area contributed by atoms with Crippen LogP contribution in [0.15, 0.2) is 0 Å². The molecule has 0 aromatic heterocycles. The Morgan fingerprint density at radius 2 is 1.44 bits per heavy atom. The summed E-state index contributed by atoms with van der Waals surface area (Å²) in [4.78, 5) is 0. The second kappa shape index (κ2) is 8.16. The summed E-state index contributed by atoms with van der Waals surface area (Å²) in [6.45, 7) is 16.2. The van der Waals surface area contributed by atoms with Crippen molar-refractivity contribution in [3.63, 3.8) is 0 Å². The van der Waals surface area contributed by atoms with Crippen molar-refractivity contribution in [3.05, 3.63) is 0 Å². The molecule has 3 atom stereocenters. The van der Waals surface area contributed by atoms with Crippen LogP contribution < -0.4 is 5.32 Å². The van der Waals surface area contributed by atoms with Crippen molar-refractivity contribution in [1.82, 2.24) is 5.32 Å². The highest BCUT2D eigenvalue weighted by atomic mass is 16.3. The summed E-state index contributed by atoms with van der Waals surface area (Å²) >= 11 is 0. The van der Waals surface area contributed by atoms with Crippen LogP contribution in [-0.4, -0.2) is 23.8 Å². The molecule has 2 nitrogen and oxygen atoms in total. The van der Waals surface area contributed by atoms with E-state index in [-0.39, 0.29) is 5.41 Å². The van der Waals surface area contributed by atoms with Crippen LogP contribution in [0.1, 0.15) is 67.7 Å². The lowest BCUT2D eigenvalue weighted by Crippen LogP contribution is -2.38. The fourth-order valence-electron chi connectivity index (χ4n) is 2.71. The van der Waals surface area contributed by atoms with Crippen molar-refractivity contribution in [2.24, 2.45) is 17.3 Å². The highest BCUT2D eigenvalue weighted by Gasteiger charge is 2.26. The van der Waals surface area contributed by atoms with Gasteiger partial charge in [0.25, 0.3) is 0 Å². The molecule has 2 N–H and O–H groups in total. The van der Waals surface area contributed by atoms with E-state index in [0.717, 1.165) is 12.3 Å². The number of rotatable bonds is 9. The van der Waals surface area contributed by atoms with Gasteiger partial charge in [0.2, 0.25) is 0 Å². The summed E-state index contributed by atoms with van der Waals surface area (Å²) in [6, 6.07) is 1.14. The third-order valence-corrected chi connectivity index (χ3v) is 4.19. The largest absolute Gasteiger partial charge is 0.396 e. The van der Waals surface area contributed by atoms with Gasteiger partial charge in [-0.2, -0.15) is 0 Å². The Labute approximate surface area is 115 Å². The van der Waals surface area contributed by atoms with E-state index >= 15 is 0 Å². The average molecular weight is 257 g/mol. The van der Waals surface area contributed by atoms with Crippen molar-refractivity contribution in [2.45, 2.75) is 79.8 Å². The van der Waals surface area contributed by atoms with E-state index in [4.69, 9.17) is 5.11 Å². The van der Waals surface area contributed by atoms with Crippen LogP contribution in [0.5, 0.6) is 0 Å². The summed E-state index contributed by atoms with van der Waals surface area (Å²) in [6.07, 6.45) is 3.30. The van der Waals surface area contributed by atoms with Gasteiger partial charge in [-0.15, -0.1) is 0 Å². The van der Waals surface area contributed by atoms with Crippen LogP contribution in [0.25, 0.3) is 0 Å². The fraction of sp³-hybridized carbons (Fsp3) is 1.00. The molecule has 0 amide bonds. The highest BCUT2D eigenvalue weighted by molar-refractivity contribution is 4.79. The second-order valence-electron chi connectivity index (χ2n) is 7.20. The molecule has 110 valence electrons. The zero-order valence-corrected chi connectivity index (χ0v) is 13.6. The molecule has 2 heteroatoms. The van der Waals surface area contributed by atoms with Crippen molar-refractivity contribution in [3.8, 4) is 0 Å². The smallest absolute Gasteiger partial charge is 0.0436 e. The van der Waals surface area contributed by atoms with Crippen LogP contribution in [-0.2, 0) is 0 Å². The first kappa shape index (κ1) is 17.9. The zero-order chi connectivity index (χ0) is 14.3. The lowest BCUT2D eigenvalue weighted by atomic mass is 9.74. The van der Waals surface area contributed by atoms with Gasteiger partial charge < -0.3 is 10.4 Å². The lowest BCUT2D eigenvalue weighted by Gasteiger charge is -2.34. The van der Waals surface area contributed by atoms with Crippen LogP contribution >= 0.6 is 0 Å². The second-order valence-corrected chi connectivity index (χ2v) is 7.20. The minimum Gasteiger partial charge on any atom is -0.396 e. The quantitative estimate of drug-likeness (QED) is 0.658. The highest BCUT2D eigenvalue weighted by Crippen LogP contribution is 2.33. The molecule has 0 rings (SSSR count). The SMILES string of the molecule is CC(C)CC(C)NC(C)CC(C)C(C)(C)CCO. The molecular weight excluding hydrogens is 222 g/mol. The minimum absolute atomic E-state index is 0.228. The fourth-order valence-corrected chi connectivity index (χ4v) is 2.71. The maximum Gasteiger partial charge on any atom is 0.0436 e. The van der Waals surface area contributed by atoms with E-state index in [1.54, 1.807) is 0 Å². The third kappa shape index (κ3) is 7.38. The molecule has 0 bridgehead atoms. The maximum atomic E-state index is 9.11. The van der Waals surface area contributed by atoms with E-state index in [0.29, 0.717) is 24.6 Å². The summed E-state index contributed by atoms with van der Waals surface area (Å²) in [5.41, 5.74) is 0.228. The predicted molar refractivity (Wildman–Crippen MR) is 80.8 cm³/mol. The standard InChI is InChI=1S/C16H35NO/c1-12(2)10-14(4)17-15(5)11-13(3)16(6,7)8-9-18/h12-15,17-18H,8-11H2,1-7H3. The number of aliphatic hydroxyl groups is 1. The Bertz CT molecular complexity index is 213. The van der Waals surface area contributed by atoms with Crippen molar-refractivity contribution in [1.29, 1.82) is 0 Å². The van der Waals surface area contributed by atoms with Crippen LogP contribution in [0.4, 0.5) is 0 Å². The van der Waals surface area contributed by atoms with Gasteiger partial charge in [0, 0.05) is 18.7 Å². The third-order valence-electron chi connectivity index (χ3n) is 4.19. The molecule has 0 spiro atoms. The van der Waals surface area contributed by atoms with Gasteiger partial charge >= 0.3 is 0 Å². The monoisotopic (exact) mass is 257 g/mol. The van der Waals surface area contributed by atoms with Gasteiger partial charge in [0.1, 0.15) is 0 Å². The van der Waals surface area contributed by atoms with Crippen LogP contribution in [0.2, 0.25) is 0 Å². The summed E-state index contributed by atoms with van der Waals surface area (Å²) in [7, 11) is 0. The number of nitrogens with one attached hydrogen (secondary N) is 1. The molecule has 0 fully saturated rings. The average Bonchev–Trinajstić information content (AvgIpc) is 2.14. The molecule has 0 aliphatic carbocycles. The Kier molecular flexibility index (Phi) is 8.13. The molecule has 0 saturated heterocycles. The lowest BCUT2D eigenvalue weighted by molar-refractivity contribution is 0.139. The Balaban J connectivity index is 4.10. The first-order valence-electron chi connectivity index (χ1n) is 7.56. The topological polar surface area (TPSA) is 32.3 Å². The Hall–Kier alpha value is -0.0800. The first-order chi connectivity index (χ1) is 8.19. The summed E-state index contributed by atoms with van der Waals surface area (Å²) in [5, 5.41) is 12.8. The number of aliphatic hydroxyl groups excluding tert-OH is 1. The van der Waals surface area contributed by atoms with Gasteiger partial charge in [0.15, 0.2) is 0 Å². The van der Waals surface area contributed by atoms with Crippen molar-refractivity contribution < 1.29 is 5.11 Å². The summed E-state index contributed by atoms with van der Waals surface area (Å²) in [5.74, 6) is 1.38. The van der Waals surface area contributed by atoms with Gasteiger partial charge in [-0.3, -0.25) is 0 Å². The molecule has 0 aromatic rings. The van der Waals surface area contributed by atoms with E-state index in [9.17, 15) is 0 Å². The molecule has 18 heavy (non-hydrogen) atoms. The molecule has 3 unspecified atom stereocenters. The number of hydrogen-bond donors (Lipinski definition) is 2. The van der Waals surface area contributed by atoms with Gasteiger partial charge in [-0.1, -0.05) is 34.6 Å². The van der Waals surface area contributed by atoms with E-state index in [2.05, 4.69) is 53.8 Å². The van der Waals surface area contributed by atoms with E-state index < -0.39 is 0 Å². The van der Waals surface area contributed by atoms with Crippen LogP contribution in [0, 0.1) is 17.3 Å². The zero-order valence-electron chi connectivity index (χ0n) is 13.6. The van der Waals surface area contributed by atoms with Crippen molar-refractivity contribution >= 4 is 0 Å². The predicted octanol–water partition coefficient (Wildman–Crippen LogP) is 3.83. The normalized spacial score (nSPS) is 17.8. The van der Waals surface area contributed by atoms with Crippen molar-refractivity contribution in [2.75, 3.05) is 6.61 Å². The Morgan fingerprint density at radius 1 is 0.944 bits per heavy atom. The van der Waals surface area contributed by atoms with E-state index in [1.165, 1.54) is 12.8 Å². The first-order valence-corrected chi connectivity index (χ1v) is 7.56. The molecular formula is C16H35NO. The number of hydrogen-bond acceptors (Lipinski definition) is 2. The van der Waals surface area contributed by atoms with Crippen LogP contribution in [0.3, 0.4) is 0 Å². The van der Waals surface area contributed by atoms with Gasteiger partial charge in [-0.05, 0) is 50.4 Å².